The molecule has 2 aromatic carbocycles. The number of hydrogen-bond acceptors (Lipinski definition) is 4. The van der Waals surface area contributed by atoms with Crippen LogP contribution in [0.1, 0.15) is 105 Å². The molecule has 0 spiro atoms. The van der Waals surface area contributed by atoms with Gasteiger partial charge in [-0.05, 0) is 65.2 Å². The van der Waals surface area contributed by atoms with Gasteiger partial charge in [0.2, 0.25) is 0 Å². The molecule has 0 fully saturated rings. The normalized spacial score (nSPS) is 17.7. The van der Waals surface area contributed by atoms with Crippen molar-refractivity contribution in [3.63, 3.8) is 0 Å². The summed E-state index contributed by atoms with van der Waals surface area (Å²) < 4.78 is 12.5. The summed E-state index contributed by atoms with van der Waals surface area (Å²) in [4.78, 5) is 24.3. The summed E-state index contributed by atoms with van der Waals surface area (Å²) in [5.41, 5.74) is 2.34. The van der Waals surface area contributed by atoms with Crippen molar-refractivity contribution in [2.24, 2.45) is 21.7 Å². The topological polar surface area (TPSA) is 52.6 Å². The van der Waals surface area contributed by atoms with Crippen LogP contribution in [0.5, 0.6) is 0 Å². The highest BCUT2D eigenvalue weighted by Gasteiger charge is 2.42. The molecule has 0 amide bonds. The van der Waals surface area contributed by atoms with Crippen LogP contribution in [0.3, 0.4) is 0 Å². The van der Waals surface area contributed by atoms with Crippen LogP contribution >= 0.6 is 15.9 Å². The first-order valence-corrected chi connectivity index (χ1v) is 13.8. The molecule has 0 radical (unpaired) electrons. The van der Waals surface area contributed by atoms with Crippen LogP contribution in [0.4, 0.5) is 0 Å². The lowest BCUT2D eigenvalue weighted by atomic mass is 9.84. The highest BCUT2D eigenvalue weighted by molar-refractivity contribution is 9.10. The maximum absolute atomic E-state index is 12.2. The number of hydrogen-bond donors (Lipinski definition) is 0. The van der Waals surface area contributed by atoms with E-state index in [-0.39, 0.29) is 35.0 Å². The predicted molar refractivity (Wildman–Crippen MR) is 154 cm³/mol. The van der Waals surface area contributed by atoms with Crippen LogP contribution in [0, 0.1) is 21.7 Å². The molecule has 4 nitrogen and oxygen atoms in total. The summed E-state index contributed by atoms with van der Waals surface area (Å²) in [6.07, 6.45) is 0.570. The van der Waals surface area contributed by atoms with Gasteiger partial charge < -0.3 is 9.47 Å². The monoisotopic (exact) mass is 572 g/mol. The zero-order valence-electron chi connectivity index (χ0n) is 24.5. The third-order valence-corrected chi connectivity index (χ3v) is 7.06. The molecular weight excluding hydrogens is 528 g/mol. The molecule has 5 heteroatoms. The van der Waals surface area contributed by atoms with Crippen molar-refractivity contribution in [3.8, 4) is 0 Å². The second-order valence-corrected chi connectivity index (χ2v) is 14.7. The van der Waals surface area contributed by atoms with E-state index in [0.717, 1.165) is 16.5 Å². The van der Waals surface area contributed by atoms with E-state index < -0.39 is 10.8 Å². The molecule has 1 aliphatic rings. The predicted octanol–water partition coefficient (Wildman–Crippen LogP) is 9.02. The fourth-order valence-electron chi connectivity index (χ4n) is 4.14. The minimum absolute atomic E-state index is 0.0232. The van der Waals surface area contributed by atoms with Gasteiger partial charge in [0.05, 0.1) is 10.8 Å². The van der Waals surface area contributed by atoms with Crippen molar-refractivity contribution >= 4 is 27.9 Å². The summed E-state index contributed by atoms with van der Waals surface area (Å²) in [6.45, 7) is 21.8. The third kappa shape index (κ3) is 8.17. The number of halogens is 1. The molecule has 2 atom stereocenters. The molecule has 37 heavy (non-hydrogen) atoms. The average Bonchev–Trinajstić information content (AvgIpc) is 3.00. The Morgan fingerprint density at radius 3 is 1.86 bits per heavy atom. The Morgan fingerprint density at radius 2 is 1.35 bits per heavy atom. The molecule has 2 unspecified atom stereocenters. The van der Waals surface area contributed by atoms with E-state index in [2.05, 4.69) is 62.7 Å². The minimum Gasteiger partial charge on any atom is -0.456 e. The fourth-order valence-corrected chi connectivity index (χ4v) is 4.63. The number of carbonyl (C=O) groups is 2. The summed E-state index contributed by atoms with van der Waals surface area (Å²) >= 11 is 3.54. The van der Waals surface area contributed by atoms with Crippen molar-refractivity contribution in [2.45, 2.75) is 94.8 Å². The largest absolute Gasteiger partial charge is 0.456 e. The van der Waals surface area contributed by atoms with E-state index in [0.29, 0.717) is 0 Å². The van der Waals surface area contributed by atoms with Gasteiger partial charge in [0.25, 0.3) is 0 Å². The number of rotatable bonds is 3. The first-order chi connectivity index (χ1) is 16.7. The van der Waals surface area contributed by atoms with Gasteiger partial charge in [-0.15, -0.1) is 0 Å². The Balaban J connectivity index is 0.000000260. The number of carbonyl (C=O) groups excluding carboxylic acids is 2. The zero-order valence-corrected chi connectivity index (χ0v) is 26.1. The molecule has 3 rings (SSSR count). The Hall–Kier alpha value is -2.14. The summed E-state index contributed by atoms with van der Waals surface area (Å²) in [5.74, 6) is -0.305. The van der Waals surface area contributed by atoms with Crippen LogP contribution in [0.2, 0.25) is 0 Å². The molecule has 204 valence electrons. The van der Waals surface area contributed by atoms with Gasteiger partial charge in [0.15, 0.2) is 0 Å². The third-order valence-electron chi connectivity index (χ3n) is 6.34. The van der Waals surface area contributed by atoms with Crippen molar-refractivity contribution in [1.82, 2.24) is 0 Å². The molecule has 0 N–H and O–H groups in total. The lowest BCUT2D eigenvalue weighted by molar-refractivity contribution is -0.165. The Bertz CT molecular complexity index is 1100. The van der Waals surface area contributed by atoms with E-state index in [9.17, 15) is 9.59 Å². The molecule has 0 heterocycles. The number of esters is 2. The highest BCUT2D eigenvalue weighted by Crippen LogP contribution is 2.48. The molecule has 0 bridgehead atoms. The average molecular weight is 574 g/mol. The summed E-state index contributed by atoms with van der Waals surface area (Å²) in [7, 11) is 0. The quantitative estimate of drug-likeness (QED) is 0.344. The van der Waals surface area contributed by atoms with Gasteiger partial charge in [-0.1, -0.05) is 93.0 Å². The molecule has 0 aliphatic heterocycles. The van der Waals surface area contributed by atoms with Crippen LogP contribution in [0.15, 0.2) is 53.0 Å². The highest BCUT2D eigenvalue weighted by atomic mass is 79.9. The molecule has 2 aromatic rings. The Morgan fingerprint density at radius 1 is 0.838 bits per heavy atom. The van der Waals surface area contributed by atoms with Crippen LogP contribution in [-0.4, -0.2) is 11.9 Å². The van der Waals surface area contributed by atoms with Crippen molar-refractivity contribution in [1.29, 1.82) is 0 Å². The van der Waals surface area contributed by atoms with Gasteiger partial charge >= 0.3 is 11.9 Å². The minimum atomic E-state index is -0.495. The van der Waals surface area contributed by atoms with Gasteiger partial charge in [-0.2, -0.15) is 0 Å². The zero-order chi connectivity index (χ0) is 28.4. The number of ether oxygens (including phenoxy) is 2. The van der Waals surface area contributed by atoms with Crippen LogP contribution < -0.4 is 0 Å². The second kappa shape index (κ2) is 11.3. The maximum atomic E-state index is 12.2. The van der Waals surface area contributed by atoms with Crippen molar-refractivity contribution in [2.75, 3.05) is 0 Å². The van der Waals surface area contributed by atoms with E-state index in [1.807, 2.05) is 77.9 Å². The van der Waals surface area contributed by atoms with Crippen molar-refractivity contribution in [3.05, 3.63) is 69.7 Å². The van der Waals surface area contributed by atoms with E-state index >= 15 is 0 Å². The van der Waals surface area contributed by atoms with Gasteiger partial charge in [0, 0.05) is 20.9 Å². The lowest BCUT2D eigenvalue weighted by Gasteiger charge is -2.33. The molecule has 0 aromatic heterocycles. The van der Waals surface area contributed by atoms with Gasteiger partial charge in [0.1, 0.15) is 12.2 Å². The first-order valence-electron chi connectivity index (χ1n) is 13.0. The smallest absolute Gasteiger partial charge is 0.311 e. The number of benzene rings is 2. The molecule has 0 saturated heterocycles. The van der Waals surface area contributed by atoms with E-state index in [4.69, 9.17) is 9.47 Å². The molecular formula is C32H45BrO4. The maximum Gasteiger partial charge on any atom is 0.311 e. The van der Waals surface area contributed by atoms with Crippen molar-refractivity contribution < 1.29 is 19.1 Å². The van der Waals surface area contributed by atoms with E-state index in [1.165, 1.54) is 11.1 Å². The fraction of sp³-hybridized carbons (Fsp3) is 0.562. The second-order valence-electron chi connectivity index (χ2n) is 13.8. The molecule has 0 saturated carbocycles. The lowest BCUT2D eigenvalue weighted by Crippen LogP contribution is -2.30. The number of fused-ring (bicyclic) bond motifs is 1. The SMILES string of the molecule is CC(C)(C)C(=O)OC(c1ccccc1Br)C(C)(C)C.CC(C)(C)C(=O)OC1c2ccccc2CC1(C)C. The Kier molecular flexibility index (Phi) is 9.50. The summed E-state index contributed by atoms with van der Waals surface area (Å²) in [5, 5.41) is 0. The van der Waals surface area contributed by atoms with E-state index in [1.54, 1.807) is 0 Å². The van der Waals surface area contributed by atoms with Crippen LogP contribution in [-0.2, 0) is 25.5 Å². The Labute approximate surface area is 232 Å². The van der Waals surface area contributed by atoms with Gasteiger partial charge in [-0.3, -0.25) is 9.59 Å². The van der Waals surface area contributed by atoms with Crippen LogP contribution in [0.25, 0.3) is 0 Å². The first kappa shape index (κ1) is 31.1. The molecule has 1 aliphatic carbocycles. The standard InChI is InChI=1S/C16H23BrO2.C16H22O2/c1-15(2,3)13(19-14(18)16(4,5)6)11-9-7-8-10-12(11)17;1-15(2,3)14(17)18-13-12-9-7-6-8-11(12)10-16(13,4)5/h7-10,13H,1-6H3;6-9,13H,10H2,1-5H3. The van der Waals surface area contributed by atoms with Gasteiger partial charge in [-0.25, -0.2) is 0 Å². The summed E-state index contributed by atoms with van der Waals surface area (Å²) in [6, 6.07) is 16.1.